The van der Waals surface area contributed by atoms with Gasteiger partial charge in [-0.1, -0.05) is 6.58 Å². The quantitative estimate of drug-likeness (QED) is 0.740. The van der Waals surface area contributed by atoms with E-state index in [9.17, 15) is 4.39 Å². The fourth-order valence-electron chi connectivity index (χ4n) is 1.17. The summed E-state index contributed by atoms with van der Waals surface area (Å²) in [6.45, 7) is 3.64. The van der Waals surface area contributed by atoms with Crippen molar-refractivity contribution in [1.82, 2.24) is 0 Å². The zero-order valence-electron chi connectivity index (χ0n) is 6.88. The van der Waals surface area contributed by atoms with E-state index in [0.717, 1.165) is 15.0 Å². The lowest BCUT2D eigenvalue weighted by Crippen LogP contribution is -1.88. The zero-order chi connectivity index (χ0) is 9.42. The topological polar surface area (TPSA) is 26.0 Å². The molecule has 0 bridgehead atoms. The Bertz CT molecular complexity index is 473. The molecule has 1 nitrogen and oxygen atoms in total. The molecule has 1 aromatic carbocycles. The zero-order valence-corrected chi connectivity index (χ0v) is 7.70. The Kier molecular flexibility index (Phi) is 1.81. The van der Waals surface area contributed by atoms with E-state index in [1.54, 1.807) is 6.07 Å². The maximum Gasteiger partial charge on any atom is 0.123 e. The molecule has 0 radical (unpaired) electrons. The van der Waals surface area contributed by atoms with Crippen LogP contribution in [0.15, 0.2) is 30.8 Å². The highest BCUT2D eigenvalue weighted by Crippen LogP contribution is 2.28. The van der Waals surface area contributed by atoms with Gasteiger partial charge in [0.05, 0.1) is 4.88 Å². The molecule has 0 unspecified atom stereocenters. The number of rotatable bonds is 1. The van der Waals surface area contributed by atoms with Crippen molar-refractivity contribution in [3.8, 4) is 0 Å². The maximum atomic E-state index is 12.8. The van der Waals surface area contributed by atoms with Crippen molar-refractivity contribution < 1.29 is 4.39 Å². The van der Waals surface area contributed by atoms with Crippen LogP contribution in [-0.4, -0.2) is 0 Å². The van der Waals surface area contributed by atoms with Crippen molar-refractivity contribution in [3.05, 3.63) is 41.5 Å². The van der Waals surface area contributed by atoms with E-state index < -0.39 is 0 Å². The van der Waals surface area contributed by atoms with E-state index in [2.05, 4.69) is 6.58 Å². The van der Waals surface area contributed by atoms with E-state index in [1.807, 2.05) is 6.07 Å². The van der Waals surface area contributed by atoms with Gasteiger partial charge in [-0.05, 0) is 29.7 Å². The molecule has 3 heteroatoms. The summed E-state index contributed by atoms with van der Waals surface area (Å²) >= 11 is 1.52. The van der Waals surface area contributed by atoms with Crippen LogP contribution in [0.1, 0.15) is 4.88 Å². The van der Waals surface area contributed by atoms with Crippen LogP contribution in [0.4, 0.5) is 4.39 Å². The number of hydrogen-bond acceptors (Lipinski definition) is 2. The summed E-state index contributed by atoms with van der Waals surface area (Å²) in [4.78, 5) is 0.903. The highest BCUT2D eigenvalue weighted by molar-refractivity contribution is 7.20. The van der Waals surface area contributed by atoms with Gasteiger partial charge in [0, 0.05) is 10.4 Å². The average molecular weight is 193 g/mol. The normalized spacial score (nSPS) is 10.5. The number of fused-ring (bicyclic) bond motifs is 1. The van der Waals surface area contributed by atoms with Gasteiger partial charge in [0.2, 0.25) is 0 Å². The molecule has 0 aliphatic rings. The maximum absolute atomic E-state index is 12.8. The Morgan fingerprint density at radius 3 is 2.85 bits per heavy atom. The monoisotopic (exact) mass is 193 g/mol. The highest BCUT2D eigenvalue weighted by atomic mass is 32.1. The van der Waals surface area contributed by atoms with Crippen molar-refractivity contribution >= 4 is 27.1 Å². The molecule has 0 spiro atoms. The van der Waals surface area contributed by atoms with Gasteiger partial charge in [0.25, 0.3) is 0 Å². The molecule has 1 aromatic heterocycles. The van der Waals surface area contributed by atoms with E-state index in [0.29, 0.717) is 5.70 Å². The molecule has 13 heavy (non-hydrogen) atoms. The molecule has 0 saturated carbocycles. The molecular formula is C10H8FNS. The average Bonchev–Trinajstić information content (AvgIpc) is 2.46. The molecule has 0 saturated heterocycles. The predicted molar refractivity (Wildman–Crippen MR) is 55.0 cm³/mol. The fraction of sp³-hybridized carbons (Fsp3) is 0. The minimum Gasteiger partial charge on any atom is -0.398 e. The Hall–Kier alpha value is -1.35. The van der Waals surface area contributed by atoms with E-state index in [1.165, 1.54) is 23.5 Å². The number of thiophene rings is 1. The first-order valence-corrected chi connectivity index (χ1v) is 4.62. The Morgan fingerprint density at radius 2 is 2.15 bits per heavy atom. The largest absolute Gasteiger partial charge is 0.398 e. The third-order valence-corrected chi connectivity index (χ3v) is 2.99. The fourth-order valence-corrected chi connectivity index (χ4v) is 2.10. The smallest absolute Gasteiger partial charge is 0.123 e. The van der Waals surface area contributed by atoms with Crippen LogP contribution >= 0.6 is 11.3 Å². The van der Waals surface area contributed by atoms with E-state index in [-0.39, 0.29) is 5.82 Å². The van der Waals surface area contributed by atoms with Gasteiger partial charge < -0.3 is 5.73 Å². The van der Waals surface area contributed by atoms with Crippen molar-refractivity contribution in [2.24, 2.45) is 5.73 Å². The summed E-state index contributed by atoms with van der Waals surface area (Å²) in [6, 6.07) is 6.55. The van der Waals surface area contributed by atoms with Gasteiger partial charge in [0.15, 0.2) is 0 Å². The van der Waals surface area contributed by atoms with Gasteiger partial charge in [-0.2, -0.15) is 0 Å². The molecular weight excluding hydrogens is 185 g/mol. The van der Waals surface area contributed by atoms with Gasteiger partial charge >= 0.3 is 0 Å². The van der Waals surface area contributed by atoms with Crippen molar-refractivity contribution in [2.75, 3.05) is 0 Å². The van der Waals surface area contributed by atoms with Gasteiger partial charge in [-0.25, -0.2) is 4.39 Å². The van der Waals surface area contributed by atoms with Gasteiger partial charge in [-0.3, -0.25) is 0 Å². The summed E-state index contributed by atoms with van der Waals surface area (Å²) in [7, 11) is 0. The van der Waals surface area contributed by atoms with Crippen molar-refractivity contribution in [2.45, 2.75) is 0 Å². The first-order valence-electron chi connectivity index (χ1n) is 3.80. The molecule has 0 fully saturated rings. The van der Waals surface area contributed by atoms with Crippen LogP contribution in [0.25, 0.3) is 15.8 Å². The lowest BCUT2D eigenvalue weighted by atomic mass is 10.2. The molecule has 66 valence electrons. The minimum atomic E-state index is -0.223. The second-order valence-corrected chi connectivity index (χ2v) is 3.90. The molecule has 0 atom stereocenters. The molecule has 2 N–H and O–H groups in total. The number of nitrogens with two attached hydrogens (primary N) is 1. The summed E-state index contributed by atoms with van der Waals surface area (Å²) in [5.41, 5.74) is 6.07. The Morgan fingerprint density at radius 1 is 1.38 bits per heavy atom. The van der Waals surface area contributed by atoms with Gasteiger partial charge in [-0.15, -0.1) is 11.3 Å². The number of benzene rings is 1. The van der Waals surface area contributed by atoms with Crippen LogP contribution in [0.5, 0.6) is 0 Å². The Balaban J connectivity index is 2.68. The first kappa shape index (κ1) is 8.26. The lowest BCUT2D eigenvalue weighted by molar-refractivity contribution is 0.630. The summed E-state index contributed by atoms with van der Waals surface area (Å²) in [6.07, 6.45) is 0. The Labute approximate surface area is 79.3 Å². The number of hydrogen-bond donors (Lipinski definition) is 1. The first-order chi connectivity index (χ1) is 6.16. The molecule has 1 heterocycles. The molecule has 0 aliphatic carbocycles. The SMILES string of the molecule is C=C(N)c1cc2cc(F)ccc2s1. The van der Waals surface area contributed by atoms with Crippen molar-refractivity contribution in [1.29, 1.82) is 0 Å². The standard InChI is InChI=1S/C10H8FNS/c1-6(12)10-5-7-4-8(11)2-3-9(7)13-10/h2-5H,1,12H2. The number of halogens is 1. The summed E-state index contributed by atoms with van der Waals surface area (Å²) < 4.78 is 13.8. The van der Waals surface area contributed by atoms with E-state index >= 15 is 0 Å². The lowest BCUT2D eigenvalue weighted by Gasteiger charge is -1.88. The molecule has 0 amide bonds. The summed E-state index contributed by atoms with van der Waals surface area (Å²) in [5.74, 6) is -0.223. The van der Waals surface area contributed by atoms with Gasteiger partial charge in [0.1, 0.15) is 5.82 Å². The minimum absolute atomic E-state index is 0.223. The molecule has 2 rings (SSSR count). The second-order valence-electron chi connectivity index (χ2n) is 2.82. The molecule has 2 aromatic rings. The second kappa shape index (κ2) is 2.85. The van der Waals surface area contributed by atoms with Crippen molar-refractivity contribution in [3.63, 3.8) is 0 Å². The van der Waals surface area contributed by atoms with Crippen LogP contribution in [0.2, 0.25) is 0 Å². The van der Waals surface area contributed by atoms with Crippen LogP contribution in [0, 0.1) is 5.82 Å². The summed E-state index contributed by atoms with van der Waals surface area (Å²) in [5, 5.41) is 0.881. The third kappa shape index (κ3) is 1.42. The van der Waals surface area contributed by atoms with Crippen LogP contribution in [0.3, 0.4) is 0 Å². The highest BCUT2D eigenvalue weighted by Gasteiger charge is 2.02. The van der Waals surface area contributed by atoms with E-state index in [4.69, 9.17) is 5.73 Å². The van der Waals surface area contributed by atoms with Crippen LogP contribution < -0.4 is 5.73 Å². The third-order valence-electron chi connectivity index (χ3n) is 1.79. The van der Waals surface area contributed by atoms with Crippen LogP contribution in [-0.2, 0) is 0 Å². The predicted octanol–water partition coefficient (Wildman–Crippen LogP) is 2.97. The molecule has 0 aliphatic heterocycles.